The Morgan fingerprint density at radius 2 is 2.39 bits per heavy atom. The van der Waals surface area contributed by atoms with Crippen molar-refractivity contribution in [2.24, 2.45) is 5.92 Å². The van der Waals surface area contributed by atoms with Crippen molar-refractivity contribution in [2.75, 3.05) is 12.3 Å². The largest absolute Gasteiger partial charge is 0.369 e. The van der Waals surface area contributed by atoms with Gasteiger partial charge in [-0.15, -0.1) is 0 Å². The van der Waals surface area contributed by atoms with Crippen LogP contribution in [0.15, 0.2) is 18.3 Å². The lowest BCUT2D eigenvalue weighted by Crippen LogP contribution is -2.28. The quantitative estimate of drug-likeness (QED) is 0.823. The van der Waals surface area contributed by atoms with Gasteiger partial charge in [-0.25, -0.2) is 9.97 Å². The van der Waals surface area contributed by atoms with Crippen LogP contribution in [0, 0.1) is 5.92 Å². The highest BCUT2D eigenvalue weighted by atomic mass is 16.2. The number of hydrogen-bond acceptors (Lipinski definition) is 4. The van der Waals surface area contributed by atoms with Crippen molar-refractivity contribution in [3.63, 3.8) is 0 Å². The van der Waals surface area contributed by atoms with E-state index in [4.69, 9.17) is 5.73 Å². The highest BCUT2D eigenvalue weighted by Crippen LogP contribution is 2.28. The molecule has 1 saturated carbocycles. The number of hydrogen-bond donors (Lipinski definition) is 2. The first-order chi connectivity index (χ1) is 8.75. The fourth-order valence-electron chi connectivity index (χ4n) is 1.98. The summed E-state index contributed by atoms with van der Waals surface area (Å²) < 4.78 is 1.82. The molecule has 1 amide bonds. The topological polar surface area (TPSA) is 85.8 Å². The van der Waals surface area contributed by atoms with Crippen molar-refractivity contribution in [3.05, 3.63) is 18.3 Å². The minimum atomic E-state index is 0.144. The lowest BCUT2D eigenvalue weighted by atomic mass is 10.4. The Labute approximate surface area is 104 Å². The minimum absolute atomic E-state index is 0.144. The molecule has 0 saturated heterocycles. The van der Waals surface area contributed by atoms with E-state index in [2.05, 4.69) is 15.3 Å². The van der Waals surface area contributed by atoms with Crippen molar-refractivity contribution >= 4 is 23.0 Å². The Morgan fingerprint density at radius 3 is 3.17 bits per heavy atom. The molecule has 6 nitrogen and oxygen atoms in total. The molecule has 94 valence electrons. The van der Waals surface area contributed by atoms with E-state index in [-0.39, 0.29) is 11.8 Å². The summed E-state index contributed by atoms with van der Waals surface area (Å²) in [6, 6.07) is 3.70. The zero-order valence-corrected chi connectivity index (χ0v) is 9.97. The lowest BCUT2D eigenvalue weighted by molar-refractivity contribution is -0.122. The van der Waals surface area contributed by atoms with Gasteiger partial charge in [-0.1, -0.05) is 0 Å². The normalized spacial score (nSPS) is 14.9. The van der Waals surface area contributed by atoms with Gasteiger partial charge in [0.05, 0.1) is 0 Å². The second-order valence-electron chi connectivity index (χ2n) is 4.53. The fraction of sp³-hybridized carbons (Fsp3) is 0.417. The van der Waals surface area contributed by atoms with Crippen molar-refractivity contribution in [1.82, 2.24) is 19.9 Å². The van der Waals surface area contributed by atoms with Gasteiger partial charge in [0, 0.05) is 25.2 Å². The molecular weight excluding hydrogens is 230 g/mol. The van der Waals surface area contributed by atoms with Gasteiger partial charge in [0.1, 0.15) is 5.52 Å². The van der Waals surface area contributed by atoms with E-state index in [0.717, 1.165) is 24.0 Å². The second-order valence-corrected chi connectivity index (χ2v) is 4.53. The number of nitrogens with zero attached hydrogens (tertiary/aromatic N) is 3. The SMILES string of the molecule is Nc1nc2cccnc2n1CCNC(=O)C1CC1. The van der Waals surface area contributed by atoms with Crippen LogP contribution in [0.3, 0.4) is 0 Å². The van der Waals surface area contributed by atoms with Crippen LogP contribution in [0.4, 0.5) is 5.95 Å². The van der Waals surface area contributed by atoms with E-state index in [1.165, 1.54) is 0 Å². The molecule has 0 unspecified atom stereocenters. The lowest BCUT2D eigenvalue weighted by Gasteiger charge is -2.07. The molecule has 18 heavy (non-hydrogen) atoms. The molecule has 0 atom stereocenters. The van der Waals surface area contributed by atoms with Crippen molar-refractivity contribution < 1.29 is 4.79 Å². The summed E-state index contributed by atoms with van der Waals surface area (Å²) in [5.41, 5.74) is 7.38. The van der Waals surface area contributed by atoms with Gasteiger partial charge >= 0.3 is 0 Å². The number of nitrogen functional groups attached to an aromatic ring is 1. The van der Waals surface area contributed by atoms with Gasteiger partial charge in [0.25, 0.3) is 0 Å². The molecule has 3 N–H and O–H groups in total. The molecule has 0 spiro atoms. The third kappa shape index (κ3) is 2.01. The van der Waals surface area contributed by atoms with E-state index in [0.29, 0.717) is 19.0 Å². The maximum atomic E-state index is 11.5. The van der Waals surface area contributed by atoms with Crippen LogP contribution in [0.2, 0.25) is 0 Å². The van der Waals surface area contributed by atoms with Gasteiger partial charge in [0.15, 0.2) is 5.65 Å². The maximum absolute atomic E-state index is 11.5. The first-order valence-corrected chi connectivity index (χ1v) is 6.10. The van der Waals surface area contributed by atoms with Crippen LogP contribution in [0.1, 0.15) is 12.8 Å². The summed E-state index contributed by atoms with van der Waals surface area (Å²) >= 11 is 0. The van der Waals surface area contributed by atoms with E-state index in [9.17, 15) is 4.79 Å². The number of rotatable bonds is 4. The Morgan fingerprint density at radius 1 is 1.56 bits per heavy atom. The van der Waals surface area contributed by atoms with Gasteiger partial charge in [0.2, 0.25) is 11.9 Å². The number of amides is 1. The number of fused-ring (bicyclic) bond motifs is 1. The number of imidazole rings is 1. The van der Waals surface area contributed by atoms with Crippen LogP contribution in [0.25, 0.3) is 11.2 Å². The molecule has 1 fully saturated rings. The van der Waals surface area contributed by atoms with Crippen molar-refractivity contribution in [3.8, 4) is 0 Å². The average molecular weight is 245 g/mol. The Balaban J connectivity index is 1.69. The van der Waals surface area contributed by atoms with Gasteiger partial charge in [-0.05, 0) is 25.0 Å². The van der Waals surface area contributed by atoms with E-state index in [1.54, 1.807) is 6.20 Å². The summed E-state index contributed by atoms with van der Waals surface area (Å²) in [5, 5.41) is 2.90. The third-order valence-electron chi connectivity index (χ3n) is 3.12. The van der Waals surface area contributed by atoms with Gasteiger partial charge in [-0.2, -0.15) is 0 Å². The summed E-state index contributed by atoms with van der Waals surface area (Å²) in [7, 11) is 0. The number of aromatic nitrogens is 3. The average Bonchev–Trinajstić information content (AvgIpc) is 3.15. The summed E-state index contributed by atoms with van der Waals surface area (Å²) in [6.45, 7) is 1.15. The predicted octanol–water partition coefficient (Wildman–Crippen LogP) is 0.540. The molecule has 0 aliphatic heterocycles. The predicted molar refractivity (Wildman–Crippen MR) is 67.7 cm³/mol. The van der Waals surface area contributed by atoms with Gasteiger partial charge < -0.3 is 11.1 Å². The van der Waals surface area contributed by atoms with E-state index < -0.39 is 0 Å². The van der Waals surface area contributed by atoms with Crippen LogP contribution in [-0.2, 0) is 11.3 Å². The second kappa shape index (κ2) is 4.29. The van der Waals surface area contributed by atoms with Crippen molar-refractivity contribution in [2.45, 2.75) is 19.4 Å². The van der Waals surface area contributed by atoms with Crippen LogP contribution in [0.5, 0.6) is 0 Å². The van der Waals surface area contributed by atoms with Crippen LogP contribution in [-0.4, -0.2) is 27.0 Å². The number of carbonyl (C=O) groups excluding carboxylic acids is 1. The minimum Gasteiger partial charge on any atom is -0.369 e. The Kier molecular flexibility index (Phi) is 2.62. The Hall–Kier alpha value is -2.11. The number of nitrogens with one attached hydrogen (secondary N) is 1. The molecule has 6 heteroatoms. The van der Waals surface area contributed by atoms with E-state index >= 15 is 0 Å². The van der Waals surface area contributed by atoms with Crippen LogP contribution < -0.4 is 11.1 Å². The molecule has 1 aliphatic carbocycles. The molecule has 2 aromatic heterocycles. The molecule has 0 bridgehead atoms. The first-order valence-electron chi connectivity index (χ1n) is 6.10. The molecule has 1 aliphatic rings. The van der Waals surface area contributed by atoms with Crippen molar-refractivity contribution in [1.29, 1.82) is 0 Å². The zero-order valence-electron chi connectivity index (χ0n) is 9.97. The third-order valence-corrected chi connectivity index (χ3v) is 3.12. The number of carbonyl (C=O) groups is 1. The molecule has 2 aromatic rings. The number of nitrogens with two attached hydrogens (primary N) is 1. The standard InChI is InChI=1S/C12H15N5O/c13-12-16-9-2-1-5-14-10(9)17(12)7-6-15-11(18)8-3-4-8/h1-2,5,8H,3-4,6-7H2,(H2,13,16)(H,15,18). The number of pyridine rings is 1. The van der Waals surface area contributed by atoms with Crippen LogP contribution >= 0.6 is 0 Å². The Bertz CT molecular complexity index is 587. The first kappa shape index (κ1) is 11.0. The molecule has 3 rings (SSSR count). The maximum Gasteiger partial charge on any atom is 0.223 e. The molecule has 0 radical (unpaired) electrons. The molecule has 0 aromatic carbocycles. The fourth-order valence-corrected chi connectivity index (χ4v) is 1.98. The summed E-state index contributed by atoms with van der Waals surface area (Å²) in [5.74, 6) is 0.815. The monoisotopic (exact) mass is 245 g/mol. The van der Waals surface area contributed by atoms with E-state index in [1.807, 2.05) is 16.7 Å². The highest BCUT2D eigenvalue weighted by Gasteiger charge is 2.29. The molecule has 2 heterocycles. The number of anilines is 1. The summed E-state index contributed by atoms with van der Waals surface area (Å²) in [4.78, 5) is 20.0. The summed E-state index contributed by atoms with van der Waals surface area (Å²) in [6.07, 6.45) is 3.75. The molecular formula is C12H15N5O. The zero-order chi connectivity index (χ0) is 12.5. The smallest absolute Gasteiger partial charge is 0.223 e. The van der Waals surface area contributed by atoms with Gasteiger partial charge in [-0.3, -0.25) is 9.36 Å². The highest BCUT2D eigenvalue weighted by molar-refractivity contribution is 5.80.